The summed E-state index contributed by atoms with van der Waals surface area (Å²) >= 11 is 0. The molecule has 0 bridgehead atoms. The minimum absolute atomic E-state index is 0.169. The average Bonchev–Trinajstić information content (AvgIpc) is 2.63. The minimum Gasteiger partial charge on any atom is -0.465 e. The van der Waals surface area contributed by atoms with Gasteiger partial charge in [-0.3, -0.25) is 0 Å². The van der Waals surface area contributed by atoms with Gasteiger partial charge >= 0.3 is 5.97 Å². The fraction of sp³-hybridized carbons (Fsp3) is 0.545. The predicted octanol–water partition coefficient (Wildman–Crippen LogP) is 2.22. The zero-order valence-corrected chi connectivity index (χ0v) is 7.88. The Bertz CT molecular complexity index is 286. The van der Waals surface area contributed by atoms with Crippen LogP contribution in [0.2, 0.25) is 0 Å². The molecule has 2 rings (SSSR count). The summed E-state index contributed by atoms with van der Waals surface area (Å²) in [6.45, 7) is 0. The lowest BCUT2D eigenvalue weighted by atomic mass is 9.89. The van der Waals surface area contributed by atoms with E-state index in [1.54, 1.807) is 0 Å². The van der Waals surface area contributed by atoms with Crippen molar-refractivity contribution in [3.63, 3.8) is 0 Å². The minimum atomic E-state index is -0.169. The Labute approximate surface area is 78.3 Å². The van der Waals surface area contributed by atoms with Crippen molar-refractivity contribution in [1.82, 2.24) is 0 Å². The molecule has 0 heterocycles. The normalized spacial score (nSPS) is 26.1. The fourth-order valence-corrected chi connectivity index (χ4v) is 2.30. The second kappa shape index (κ2) is 3.36. The van der Waals surface area contributed by atoms with Crippen LogP contribution in [-0.2, 0) is 9.53 Å². The van der Waals surface area contributed by atoms with Gasteiger partial charge in [-0.15, -0.1) is 0 Å². The number of carbonyl (C=O) groups is 1. The van der Waals surface area contributed by atoms with Gasteiger partial charge in [-0.2, -0.15) is 0 Å². The zero-order valence-electron chi connectivity index (χ0n) is 7.88. The van der Waals surface area contributed by atoms with Gasteiger partial charge in [0.1, 0.15) is 0 Å². The molecule has 1 unspecified atom stereocenters. The van der Waals surface area contributed by atoms with Gasteiger partial charge in [0.2, 0.25) is 0 Å². The molecule has 1 saturated carbocycles. The number of ether oxygens (including phenoxy) is 1. The van der Waals surface area contributed by atoms with Crippen LogP contribution in [-0.4, -0.2) is 13.1 Å². The molecule has 0 saturated heterocycles. The van der Waals surface area contributed by atoms with Gasteiger partial charge in [-0.1, -0.05) is 17.7 Å². The maximum absolute atomic E-state index is 11.4. The van der Waals surface area contributed by atoms with E-state index >= 15 is 0 Å². The third-order valence-corrected chi connectivity index (χ3v) is 2.95. The number of carbonyl (C=O) groups excluding carboxylic acids is 1. The van der Waals surface area contributed by atoms with Gasteiger partial charge in [0, 0.05) is 0 Å². The Kier molecular flexibility index (Phi) is 2.21. The summed E-state index contributed by atoms with van der Waals surface area (Å²) in [6, 6.07) is 0. The number of allylic oxidation sites excluding steroid dienone is 2. The SMILES string of the molecule is COC(=O)C1=C2CCCC2CC=C1. The molecule has 2 aliphatic rings. The van der Waals surface area contributed by atoms with E-state index in [0.717, 1.165) is 18.4 Å². The number of hydrogen-bond donors (Lipinski definition) is 0. The van der Waals surface area contributed by atoms with Crippen molar-refractivity contribution in [2.75, 3.05) is 7.11 Å². The van der Waals surface area contributed by atoms with E-state index in [2.05, 4.69) is 6.08 Å². The number of methoxy groups -OCH3 is 1. The van der Waals surface area contributed by atoms with Crippen molar-refractivity contribution in [3.8, 4) is 0 Å². The van der Waals surface area contributed by atoms with Crippen LogP contribution in [0.5, 0.6) is 0 Å². The van der Waals surface area contributed by atoms with Crippen molar-refractivity contribution in [2.24, 2.45) is 5.92 Å². The first-order valence-electron chi connectivity index (χ1n) is 4.81. The summed E-state index contributed by atoms with van der Waals surface area (Å²) in [5.74, 6) is 0.456. The standard InChI is InChI=1S/C11H14O2/c1-13-11(12)10-7-3-5-8-4-2-6-9(8)10/h3,7-8H,2,4-6H2,1H3. The van der Waals surface area contributed by atoms with Crippen LogP contribution in [0.15, 0.2) is 23.3 Å². The molecule has 0 aromatic rings. The fourth-order valence-electron chi connectivity index (χ4n) is 2.30. The van der Waals surface area contributed by atoms with Crippen LogP contribution in [0, 0.1) is 5.92 Å². The molecule has 1 atom stereocenters. The lowest BCUT2D eigenvalue weighted by molar-refractivity contribution is -0.135. The van der Waals surface area contributed by atoms with Crippen LogP contribution in [0.25, 0.3) is 0 Å². The summed E-state index contributed by atoms with van der Waals surface area (Å²) in [5, 5.41) is 0. The van der Waals surface area contributed by atoms with E-state index in [1.807, 2.05) is 6.08 Å². The Morgan fingerprint density at radius 3 is 3.23 bits per heavy atom. The molecule has 2 aliphatic carbocycles. The maximum Gasteiger partial charge on any atom is 0.337 e. The molecule has 0 aromatic carbocycles. The second-order valence-corrected chi connectivity index (χ2v) is 3.66. The molecule has 0 aliphatic heterocycles. The molecule has 1 fully saturated rings. The van der Waals surface area contributed by atoms with E-state index < -0.39 is 0 Å². The van der Waals surface area contributed by atoms with Gasteiger partial charge < -0.3 is 4.74 Å². The molecule has 2 nitrogen and oxygen atoms in total. The zero-order chi connectivity index (χ0) is 9.26. The predicted molar refractivity (Wildman–Crippen MR) is 50.1 cm³/mol. The Hall–Kier alpha value is -1.05. The van der Waals surface area contributed by atoms with Crippen molar-refractivity contribution in [3.05, 3.63) is 23.3 Å². The summed E-state index contributed by atoms with van der Waals surface area (Å²) < 4.78 is 4.75. The van der Waals surface area contributed by atoms with Crippen LogP contribution >= 0.6 is 0 Å². The lowest BCUT2D eigenvalue weighted by Gasteiger charge is -2.16. The highest BCUT2D eigenvalue weighted by Crippen LogP contribution is 2.38. The quantitative estimate of drug-likeness (QED) is 0.575. The molecule has 13 heavy (non-hydrogen) atoms. The second-order valence-electron chi connectivity index (χ2n) is 3.66. The van der Waals surface area contributed by atoms with E-state index in [0.29, 0.717) is 5.92 Å². The van der Waals surface area contributed by atoms with E-state index in [9.17, 15) is 4.79 Å². The van der Waals surface area contributed by atoms with Crippen LogP contribution in [0.1, 0.15) is 25.7 Å². The topological polar surface area (TPSA) is 26.3 Å². The van der Waals surface area contributed by atoms with Crippen LogP contribution < -0.4 is 0 Å². The molecule has 0 N–H and O–H groups in total. The third kappa shape index (κ3) is 1.41. The van der Waals surface area contributed by atoms with E-state index in [1.165, 1.54) is 25.5 Å². The van der Waals surface area contributed by atoms with Crippen molar-refractivity contribution in [1.29, 1.82) is 0 Å². The molecule has 2 heteroatoms. The van der Waals surface area contributed by atoms with E-state index in [-0.39, 0.29) is 5.97 Å². The largest absolute Gasteiger partial charge is 0.465 e. The highest BCUT2D eigenvalue weighted by molar-refractivity contribution is 5.92. The highest BCUT2D eigenvalue weighted by atomic mass is 16.5. The average molecular weight is 178 g/mol. The first-order chi connectivity index (χ1) is 6.33. The third-order valence-electron chi connectivity index (χ3n) is 2.95. The molecule has 0 spiro atoms. The summed E-state index contributed by atoms with van der Waals surface area (Å²) in [7, 11) is 1.45. The first kappa shape index (κ1) is 8.54. The Balaban J connectivity index is 2.32. The van der Waals surface area contributed by atoms with Crippen LogP contribution in [0.3, 0.4) is 0 Å². The van der Waals surface area contributed by atoms with Crippen molar-refractivity contribution < 1.29 is 9.53 Å². The van der Waals surface area contributed by atoms with Gasteiger partial charge in [-0.25, -0.2) is 4.79 Å². The summed E-state index contributed by atoms with van der Waals surface area (Å²) in [4.78, 5) is 11.4. The van der Waals surface area contributed by atoms with Crippen molar-refractivity contribution in [2.45, 2.75) is 25.7 Å². The smallest absolute Gasteiger partial charge is 0.337 e. The summed E-state index contributed by atoms with van der Waals surface area (Å²) in [6.07, 6.45) is 8.66. The van der Waals surface area contributed by atoms with Gasteiger partial charge in [-0.05, 0) is 31.6 Å². The van der Waals surface area contributed by atoms with E-state index in [4.69, 9.17) is 4.74 Å². The first-order valence-corrected chi connectivity index (χ1v) is 4.81. The molecular formula is C11H14O2. The lowest BCUT2D eigenvalue weighted by Crippen LogP contribution is -2.11. The molecule has 70 valence electrons. The van der Waals surface area contributed by atoms with Gasteiger partial charge in [0.25, 0.3) is 0 Å². The number of hydrogen-bond acceptors (Lipinski definition) is 2. The van der Waals surface area contributed by atoms with Gasteiger partial charge in [0.05, 0.1) is 12.7 Å². The molecular weight excluding hydrogens is 164 g/mol. The monoisotopic (exact) mass is 178 g/mol. The Morgan fingerprint density at radius 1 is 1.62 bits per heavy atom. The number of rotatable bonds is 1. The molecule has 0 aromatic heterocycles. The number of esters is 1. The van der Waals surface area contributed by atoms with Gasteiger partial charge in [0.15, 0.2) is 0 Å². The highest BCUT2D eigenvalue weighted by Gasteiger charge is 2.27. The summed E-state index contributed by atoms with van der Waals surface area (Å²) in [5.41, 5.74) is 2.14. The van der Waals surface area contributed by atoms with Crippen molar-refractivity contribution >= 4 is 5.97 Å². The Morgan fingerprint density at radius 2 is 2.46 bits per heavy atom. The molecule has 0 amide bonds. The maximum atomic E-state index is 11.4. The van der Waals surface area contributed by atoms with Crippen LogP contribution in [0.4, 0.5) is 0 Å². The number of fused-ring (bicyclic) bond motifs is 1. The molecule has 0 radical (unpaired) electrons.